The van der Waals surface area contributed by atoms with E-state index in [1.165, 1.54) is 19.1 Å². The molecular formula is C15H19N3O5. The number of nitro benzene ring substituents is 1. The van der Waals surface area contributed by atoms with Crippen molar-refractivity contribution in [3.05, 3.63) is 33.9 Å². The lowest BCUT2D eigenvalue weighted by Crippen LogP contribution is -2.37. The van der Waals surface area contributed by atoms with Crippen molar-refractivity contribution in [1.82, 2.24) is 5.32 Å². The number of nitro groups is 1. The Morgan fingerprint density at radius 1 is 1.39 bits per heavy atom. The fourth-order valence-corrected chi connectivity index (χ4v) is 2.00. The van der Waals surface area contributed by atoms with Crippen molar-refractivity contribution in [3.8, 4) is 0 Å². The van der Waals surface area contributed by atoms with E-state index in [-0.39, 0.29) is 23.2 Å². The number of nitrogens with zero attached hydrogens (tertiary/aromatic N) is 2. The zero-order chi connectivity index (χ0) is 17.1. The molecule has 0 heterocycles. The maximum Gasteiger partial charge on any atom is 0.339 e. The molecule has 1 aromatic carbocycles. The second-order valence-electron chi connectivity index (χ2n) is 5.69. The van der Waals surface area contributed by atoms with Crippen molar-refractivity contribution in [1.29, 1.82) is 0 Å². The molecule has 1 amide bonds. The maximum atomic E-state index is 12.1. The van der Waals surface area contributed by atoms with E-state index in [9.17, 15) is 19.7 Å². The number of hydrogen-bond donors (Lipinski definition) is 1. The second-order valence-corrected chi connectivity index (χ2v) is 5.69. The first-order valence-corrected chi connectivity index (χ1v) is 7.26. The van der Waals surface area contributed by atoms with Gasteiger partial charge in [0.2, 0.25) is 0 Å². The number of anilines is 1. The van der Waals surface area contributed by atoms with E-state index in [4.69, 9.17) is 4.74 Å². The van der Waals surface area contributed by atoms with Crippen LogP contribution < -0.4 is 10.2 Å². The largest absolute Gasteiger partial charge is 0.449 e. The monoisotopic (exact) mass is 321 g/mol. The molecule has 1 saturated carbocycles. The Kier molecular flexibility index (Phi) is 4.83. The summed E-state index contributed by atoms with van der Waals surface area (Å²) in [5.41, 5.74) is 0.221. The van der Waals surface area contributed by atoms with E-state index in [1.807, 2.05) is 0 Å². The molecule has 1 aliphatic rings. The van der Waals surface area contributed by atoms with E-state index in [2.05, 4.69) is 5.32 Å². The number of ether oxygens (including phenoxy) is 1. The molecule has 8 heteroatoms. The first-order valence-electron chi connectivity index (χ1n) is 7.26. The van der Waals surface area contributed by atoms with Crippen LogP contribution in [0.25, 0.3) is 0 Å². The molecule has 1 fully saturated rings. The molecule has 2 rings (SSSR count). The van der Waals surface area contributed by atoms with E-state index in [0.29, 0.717) is 5.69 Å². The maximum absolute atomic E-state index is 12.1. The molecule has 0 radical (unpaired) electrons. The van der Waals surface area contributed by atoms with Crippen LogP contribution >= 0.6 is 0 Å². The molecule has 23 heavy (non-hydrogen) atoms. The number of nitrogens with one attached hydrogen (secondary N) is 1. The topological polar surface area (TPSA) is 102 Å². The number of rotatable bonds is 6. The molecule has 0 spiro atoms. The summed E-state index contributed by atoms with van der Waals surface area (Å²) in [6, 6.07) is 4.24. The summed E-state index contributed by atoms with van der Waals surface area (Å²) < 4.78 is 5.07. The lowest BCUT2D eigenvalue weighted by Gasteiger charge is -2.15. The van der Waals surface area contributed by atoms with E-state index >= 15 is 0 Å². The van der Waals surface area contributed by atoms with Crippen molar-refractivity contribution in [2.45, 2.75) is 31.9 Å². The molecule has 1 atom stereocenters. The quantitative estimate of drug-likeness (QED) is 0.484. The summed E-state index contributed by atoms with van der Waals surface area (Å²) >= 11 is 0. The van der Waals surface area contributed by atoms with Gasteiger partial charge in [0.15, 0.2) is 6.10 Å². The van der Waals surface area contributed by atoms with Crippen LogP contribution in [0.15, 0.2) is 18.2 Å². The first kappa shape index (κ1) is 16.7. The highest BCUT2D eigenvalue weighted by atomic mass is 16.6. The minimum Gasteiger partial charge on any atom is -0.449 e. The van der Waals surface area contributed by atoms with Crippen molar-refractivity contribution < 1.29 is 19.2 Å². The number of benzene rings is 1. The summed E-state index contributed by atoms with van der Waals surface area (Å²) in [5, 5.41) is 13.9. The zero-order valence-electron chi connectivity index (χ0n) is 13.2. The molecular weight excluding hydrogens is 302 g/mol. The van der Waals surface area contributed by atoms with Gasteiger partial charge in [0, 0.05) is 26.2 Å². The van der Waals surface area contributed by atoms with Crippen molar-refractivity contribution in [2.75, 3.05) is 19.0 Å². The Morgan fingerprint density at radius 3 is 2.57 bits per heavy atom. The highest BCUT2D eigenvalue weighted by Crippen LogP contribution is 2.28. The van der Waals surface area contributed by atoms with Crippen LogP contribution in [0.4, 0.5) is 11.4 Å². The van der Waals surface area contributed by atoms with Gasteiger partial charge in [-0.3, -0.25) is 14.9 Å². The number of amides is 1. The molecule has 0 unspecified atom stereocenters. The molecule has 1 aromatic rings. The van der Waals surface area contributed by atoms with Gasteiger partial charge in [0.1, 0.15) is 5.69 Å². The fourth-order valence-electron chi connectivity index (χ4n) is 2.00. The molecule has 0 saturated heterocycles. The van der Waals surface area contributed by atoms with Gasteiger partial charge in [0.25, 0.3) is 11.6 Å². The SMILES string of the molecule is C[C@H](OC(=O)c1ccc(N(C)C)c([N+](=O)[O-])c1)C(=O)NC1CC1. The molecule has 124 valence electrons. The summed E-state index contributed by atoms with van der Waals surface area (Å²) in [6.45, 7) is 1.47. The fraction of sp³-hybridized carbons (Fsp3) is 0.467. The predicted octanol–water partition coefficient (Wildman–Crippen LogP) is 1.48. The number of hydrogen-bond acceptors (Lipinski definition) is 6. The Labute approximate surface area is 133 Å². The van der Waals surface area contributed by atoms with E-state index < -0.39 is 17.0 Å². The van der Waals surface area contributed by atoms with Gasteiger partial charge in [-0.15, -0.1) is 0 Å². The summed E-state index contributed by atoms with van der Waals surface area (Å²) in [4.78, 5) is 36.0. The highest BCUT2D eigenvalue weighted by Gasteiger charge is 2.28. The summed E-state index contributed by atoms with van der Waals surface area (Å²) in [6.07, 6.45) is 0.922. The van der Waals surface area contributed by atoms with Crippen molar-refractivity contribution in [2.24, 2.45) is 0 Å². The lowest BCUT2D eigenvalue weighted by atomic mass is 10.1. The Balaban J connectivity index is 2.10. The van der Waals surface area contributed by atoms with Crippen LogP contribution in [0.2, 0.25) is 0 Å². The predicted molar refractivity (Wildman–Crippen MR) is 83.5 cm³/mol. The number of carbonyl (C=O) groups is 2. The number of carbonyl (C=O) groups excluding carboxylic acids is 2. The van der Waals surface area contributed by atoms with Gasteiger partial charge in [-0.2, -0.15) is 0 Å². The third-order valence-electron chi connectivity index (χ3n) is 3.47. The number of esters is 1. The summed E-state index contributed by atoms with van der Waals surface area (Å²) in [5.74, 6) is -1.13. The lowest BCUT2D eigenvalue weighted by molar-refractivity contribution is -0.384. The van der Waals surface area contributed by atoms with Crippen molar-refractivity contribution in [3.63, 3.8) is 0 Å². The average Bonchev–Trinajstić information content (AvgIpc) is 3.30. The standard InChI is InChI=1S/C15H19N3O5/c1-9(14(19)16-11-5-6-11)23-15(20)10-4-7-12(17(2)3)13(8-10)18(21)22/h4,7-9,11H,5-6H2,1-3H3,(H,16,19)/t9-/m0/s1. The minimum atomic E-state index is -0.948. The first-order chi connectivity index (χ1) is 10.8. The van der Waals surface area contributed by atoms with E-state index in [0.717, 1.165) is 18.9 Å². The van der Waals surface area contributed by atoms with E-state index in [1.54, 1.807) is 19.0 Å². The Morgan fingerprint density at radius 2 is 2.04 bits per heavy atom. The third-order valence-corrected chi connectivity index (χ3v) is 3.47. The molecule has 8 nitrogen and oxygen atoms in total. The van der Waals surface area contributed by atoms with Crippen LogP contribution in [0.1, 0.15) is 30.1 Å². The zero-order valence-corrected chi connectivity index (χ0v) is 13.2. The van der Waals surface area contributed by atoms with Crippen LogP contribution in [0.3, 0.4) is 0 Å². The third kappa shape index (κ3) is 4.18. The highest BCUT2D eigenvalue weighted by molar-refractivity contribution is 5.93. The molecule has 0 aliphatic heterocycles. The second kappa shape index (κ2) is 6.64. The van der Waals surface area contributed by atoms with Gasteiger partial charge >= 0.3 is 5.97 Å². The molecule has 0 aromatic heterocycles. The minimum absolute atomic E-state index is 0.0355. The normalized spacial score (nSPS) is 14.7. The Bertz CT molecular complexity index is 640. The van der Waals surface area contributed by atoms with Crippen LogP contribution in [-0.4, -0.2) is 43.0 Å². The van der Waals surface area contributed by atoms with Gasteiger partial charge in [0.05, 0.1) is 10.5 Å². The summed E-state index contributed by atoms with van der Waals surface area (Å²) in [7, 11) is 3.34. The average molecular weight is 321 g/mol. The van der Waals surface area contributed by atoms with Crippen LogP contribution in [-0.2, 0) is 9.53 Å². The molecule has 0 bridgehead atoms. The van der Waals surface area contributed by atoms with Gasteiger partial charge in [-0.05, 0) is 31.9 Å². The van der Waals surface area contributed by atoms with Gasteiger partial charge in [-0.1, -0.05) is 0 Å². The molecule has 1 N–H and O–H groups in total. The smallest absolute Gasteiger partial charge is 0.339 e. The van der Waals surface area contributed by atoms with Crippen LogP contribution in [0, 0.1) is 10.1 Å². The molecule has 1 aliphatic carbocycles. The Hall–Kier alpha value is -2.64. The van der Waals surface area contributed by atoms with Crippen LogP contribution in [0.5, 0.6) is 0 Å². The van der Waals surface area contributed by atoms with Gasteiger partial charge in [-0.25, -0.2) is 4.79 Å². The van der Waals surface area contributed by atoms with Gasteiger partial charge < -0.3 is 15.0 Å². The van der Waals surface area contributed by atoms with Crippen molar-refractivity contribution >= 4 is 23.3 Å².